The molecule has 0 saturated heterocycles. The first kappa shape index (κ1) is 17.9. The lowest BCUT2D eigenvalue weighted by Gasteiger charge is -2.09. The van der Waals surface area contributed by atoms with Crippen molar-refractivity contribution in [3.63, 3.8) is 0 Å². The lowest BCUT2D eigenvalue weighted by atomic mass is 10.0. The van der Waals surface area contributed by atoms with E-state index in [1.54, 1.807) is 12.4 Å². The lowest BCUT2D eigenvalue weighted by molar-refractivity contribution is -0.670. The highest BCUT2D eigenvalue weighted by atomic mass is 15.1. The van der Waals surface area contributed by atoms with Crippen molar-refractivity contribution in [3.8, 4) is 39.6 Å². The zero-order chi connectivity index (χ0) is 20.3. The van der Waals surface area contributed by atoms with Gasteiger partial charge in [0, 0.05) is 12.4 Å². The fourth-order valence-corrected chi connectivity index (χ4v) is 3.42. The minimum absolute atomic E-state index is 0.829. The van der Waals surface area contributed by atoms with Crippen molar-refractivity contribution in [2.45, 2.75) is 0 Å². The third-order valence-corrected chi connectivity index (χ3v) is 4.95. The summed E-state index contributed by atoms with van der Waals surface area (Å²) >= 11 is 0. The highest BCUT2D eigenvalue weighted by molar-refractivity contribution is 5.75. The van der Waals surface area contributed by atoms with Gasteiger partial charge in [-0.05, 0) is 59.7 Å². The molecule has 4 aromatic heterocycles. The molecule has 4 heterocycles. The Kier molecular flexibility index (Phi) is 4.62. The molecule has 5 rings (SSSR count). The monoisotopic (exact) mass is 390 g/mol. The van der Waals surface area contributed by atoms with Crippen molar-refractivity contribution in [3.05, 3.63) is 104 Å². The minimum Gasteiger partial charge on any atom is -0.255 e. The molecule has 0 aliphatic rings. The molecule has 5 nitrogen and oxygen atoms in total. The smallest absolute Gasteiger partial charge is 0.248 e. The van der Waals surface area contributed by atoms with E-state index in [1.807, 2.05) is 66.7 Å². The van der Waals surface area contributed by atoms with Gasteiger partial charge < -0.3 is 0 Å². The molecule has 30 heavy (non-hydrogen) atoms. The highest BCUT2D eigenvalue weighted by Gasteiger charge is 2.11. The molecule has 0 amide bonds. The average molecular weight is 390 g/mol. The summed E-state index contributed by atoms with van der Waals surface area (Å²) in [6.45, 7) is 0. The van der Waals surface area contributed by atoms with Crippen LogP contribution in [0.1, 0.15) is 0 Å². The van der Waals surface area contributed by atoms with E-state index in [4.69, 9.17) is 4.98 Å². The van der Waals surface area contributed by atoms with Gasteiger partial charge in [-0.3, -0.25) is 9.97 Å². The highest BCUT2D eigenvalue weighted by Crippen LogP contribution is 2.29. The SMILES string of the molecule is C[n+]1ccn(-c2ccc(-c3cc(-c4ccccn4)nc(-c4ccccn4)c3)cc2)c1. The first-order valence-electron chi connectivity index (χ1n) is 9.75. The van der Waals surface area contributed by atoms with Crippen molar-refractivity contribution in [2.24, 2.45) is 7.05 Å². The first-order chi connectivity index (χ1) is 14.8. The number of hydrogen-bond donors (Lipinski definition) is 0. The molecule has 5 aromatic rings. The van der Waals surface area contributed by atoms with Crippen LogP contribution in [0.5, 0.6) is 0 Å². The second-order valence-corrected chi connectivity index (χ2v) is 7.09. The summed E-state index contributed by atoms with van der Waals surface area (Å²) in [5.41, 5.74) is 6.65. The number of imidazole rings is 1. The van der Waals surface area contributed by atoms with E-state index in [-0.39, 0.29) is 0 Å². The van der Waals surface area contributed by atoms with Crippen molar-refractivity contribution in [2.75, 3.05) is 0 Å². The van der Waals surface area contributed by atoms with Gasteiger partial charge in [-0.2, -0.15) is 0 Å². The summed E-state index contributed by atoms with van der Waals surface area (Å²) in [6, 6.07) is 24.4. The molecule has 0 aliphatic heterocycles. The molecule has 0 unspecified atom stereocenters. The summed E-state index contributed by atoms with van der Waals surface area (Å²) in [5.74, 6) is 0. The molecule has 0 fully saturated rings. The zero-order valence-corrected chi connectivity index (χ0v) is 16.6. The minimum atomic E-state index is 0.829. The van der Waals surface area contributed by atoms with E-state index in [0.717, 1.165) is 39.6 Å². The van der Waals surface area contributed by atoms with E-state index >= 15 is 0 Å². The molecule has 0 atom stereocenters. The maximum absolute atomic E-state index is 4.84. The van der Waals surface area contributed by atoms with Gasteiger partial charge in [-0.1, -0.05) is 24.3 Å². The number of pyridine rings is 3. The van der Waals surface area contributed by atoms with Gasteiger partial charge >= 0.3 is 0 Å². The number of hydrogen-bond acceptors (Lipinski definition) is 3. The summed E-state index contributed by atoms with van der Waals surface area (Å²) < 4.78 is 4.12. The van der Waals surface area contributed by atoms with Crippen LogP contribution in [-0.2, 0) is 7.05 Å². The molecule has 0 bridgehead atoms. The summed E-state index contributed by atoms with van der Waals surface area (Å²) in [4.78, 5) is 13.8. The standard InChI is InChI=1S/C25H20N5/c1-29-14-15-30(18-29)21-10-8-19(9-11-21)20-16-24(22-6-2-4-12-26-22)28-25(17-20)23-7-3-5-13-27-23/h2-18H,1H3/q+1. The summed E-state index contributed by atoms with van der Waals surface area (Å²) in [7, 11) is 2.01. The Morgan fingerprint density at radius 1 is 0.700 bits per heavy atom. The fourth-order valence-electron chi connectivity index (χ4n) is 3.42. The second-order valence-electron chi connectivity index (χ2n) is 7.09. The summed E-state index contributed by atoms with van der Waals surface area (Å²) in [5, 5.41) is 0. The first-order valence-corrected chi connectivity index (χ1v) is 9.75. The van der Waals surface area contributed by atoms with E-state index < -0.39 is 0 Å². The number of benzene rings is 1. The molecule has 144 valence electrons. The fraction of sp³-hybridized carbons (Fsp3) is 0.0400. The van der Waals surface area contributed by atoms with Crippen LogP contribution in [0.2, 0.25) is 0 Å². The van der Waals surface area contributed by atoms with Gasteiger partial charge in [-0.15, -0.1) is 0 Å². The Morgan fingerprint density at radius 2 is 1.33 bits per heavy atom. The quantitative estimate of drug-likeness (QED) is 0.425. The molecule has 0 spiro atoms. The molecule has 0 aliphatic carbocycles. The van der Waals surface area contributed by atoms with Crippen LogP contribution in [0.25, 0.3) is 39.6 Å². The molecular weight excluding hydrogens is 370 g/mol. The third-order valence-electron chi connectivity index (χ3n) is 4.95. The number of aryl methyl sites for hydroxylation is 1. The Balaban J connectivity index is 1.60. The van der Waals surface area contributed by atoms with E-state index in [1.165, 1.54) is 0 Å². The van der Waals surface area contributed by atoms with Crippen molar-refractivity contribution in [1.82, 2.24) is 19.5 Å². The number of aromatic nitrogens is 5. The maximum atomic E-state index is 4.84. The van der Waals surface area contributed by atoms with Crippen LogP contribution < -0.4 is 4.57 Å². The van der Waals surface area contributed by atoms with Gasteiger partial charge in [-0.25, -0.2) is 14.1 Å². The van der Waals surface area contributed by atoms with Gasteiger partial charge in [0.15, 0.2) is 0 Å². The van der Waals surface area contributed by atoms with Crippen LogP contribution in [0, 0.1) is 0 Å². The Labute approximate surface area is 175 Å². The number of rotatable bonds is 4. The molecular formula is C25H20N5+. The van der Waals surface area contributed by atoms with E-state index in [2.05, 4.69) is 50.9 Å². The van der Waals surface area contributed by atoms with Crippen LogP contribution >= 0.6 is 0 Å². The maximum Gasteiger partial charge on any atom is 0.248 e. The van der Waals surface area contributed by atoms with Crippen molar-refractivity contribution >= 4 is 0 Å². The van der Waals surface area contributed by atoms with Crippen LogP contribution in [0.15, 0.2) is 104 Å². The largest absolute Gasteiger partial charge is 0.255 e. The Hall–Kier alpha value is -4.12. The Morgan fingerprint density at radius 3 is 1.83 bits per heavy atom. The lowest BCUT2D eigenvalue weighted by Crippen LogP contribution is -2.23. The molecule has 0 radical (unpaired) electrons. The number of nitrogens with zero attached hydrogens (tertiary/aromatic N) is 5. The molecule has 0 N–H and O–H groups in total. The molecule has 5 heteroatoms. The van der Waals surface area contributed by atoms with Gasteiger partial charge in [0.1, 0.15) is 18.1 Å². The predicted molar refractivity (Wildman–Crippen MR) is 117 cm³/mol. The van der Waals surface area contributed by atoms with Crippen LogP contribution in [-0.4, -0.2) is 19.5 Å². The normalized spacial score (nSPS) is 10.8. The topological polar surface area (TPSA) is 47.5 Å². The van der Waals surface area contributed by atoms with Crippen LogP contribution in [0.4, 0.5) is 0 Å². The average Bonchev–Trinajstić information content (AvgIpc) is 3.26. The second kappa shape index (κ2) is 7.72. The third kappa shape index (κ3) is 3.61. The molecule has 0 saturated carbocycles. The van der Waals surface area contributed by atoms with E-state index in [9.17, 15) is 0 Å². The Bertz CT molecular complexity index is 1220. The zero-order valence-electron chi connectivity index (χ0n) is 16.6. The predicted octanol–water partition coefficient (Wildman–Crippen LogP) is 4.49. The summed E-state index contributed by atoms with van der Waals surface area (Å²) in [6.07, 6.45) is 9.68. The van der Waals surface area contributed by atoms with Crippen molar-refractivity contribution in [1.29, 1.82) is 0 Å². The van der Waals surface area contributed by atoms with Gasteiger partial charge in [0.2, 0.25) is 6.33 Å². The van der Waals surface area contributed by atoms with Gasteiger partial charge in [0.05, 0.1) is 29.8 Å². The van der Waals surface area contributed by atoms with Gasteiger partial charge in [0.25, 0.3) is 0 Å². The van der Waals surface area contributed by atoms with Crippen LogP contribution in [0.3, 0.4) is 0 Å². The van der Waals surface area contributed by atoms with E-state index in [0.29, 0.717) is 0 Å². The van der Waals surface area contributed by atoms with Crippen molar-refractivity contribution < 1.29 is 4.57 Å². The molecule has 1 aromatic carbocycles.